The lowest BCUT2D eigenvalue weighted by Crippen LogP contribution is -2.25. The van der Waals surface area contributed by atoms with E-state index in [1.165, 1.54) is 0 Å². The smallest absolute Gasteiger partial charge is 0.286 e. The van der Waals surface area contributed by atoms with Crippen molar-refractivity contribution in [2.24, 2.45) is 0 Å². The fourth-order valence-corrected chi connectivity index (χ4v) is 9.11. The van der Waals surface area contributed by atoms with Crippen LogP contribution >= 0.6 is 35.1 Å². The Morgan fingerprint density at radius 1 is 0.929 bits per heavy atom. The van der Waals surface area contributed by atoms with Gasteiger partial charge in [-0.15, -0.1) is 22.0 Å². The highest BCUT2D eigenvalue weighted by atomic mass is 35.5. The number of aromatic nitrogens is 8. The van der Waals surface area contributed by atoms with Crippen molar-refractivity contribution in [3.05, 3.63) is 125 Å². The molecule has 1 aliphatic rings. The molecule has 8 rings (SSSR count). The van der Waals surface area contributed by atoms with Gasteiger partial charge in [0.05, 0.1) is 27.2 Å². The fraction of sp³-hybridized carbons (Fsp3) is 0.244. The Bertz CT molecular complexity index is 2470. The summed E-state index contributed by atoms with van der Waals surface area (Å²) in [7, 11) is 0. The Hall–Kier alpha value is -5.44. The molecule has 0 aliphatic carbocycles. The first-order valence-electron chi connectivity index (χ1n) is 18.4. The molecule has 4 heterocycles. The number of carbonyl (C=O) groups excluding carboxylic acids is 2. The van der Waals surface area contributed by atoms with Crippen molar-refractivity contribution in [3.8, 4) is 28.3 Å². The number of rotatable bonds is 15. The molecule has 4 N–H and O–H groups in total. The minimum absolute atomic E-state index is 0.0463. The van der Waals surface area contributed by atoms with Crippen LogP contribution in [0.15, 0.2) is 95.9 Å². The number of thioether (sulfide) groups is 2. The summed E-state index contributed by atoms with van der Waals surface area (Å²) in [5.74, 6) is 2.59. The van der Waals surface area contributed by atoms with Crippen molar-refractivity contribution >= 4 is 57.3 Å². The van der Waals surface area contributed by atoms with E-state index < -0.39 is 5.25 Å². The maximum Gasteiger partial charge on any atom is 0.286 e. The number of nitrogens with one attached hydrogen (secondary N) is 4. The van der Waals surface area contributed by atoms with Gasteiger partial charge in [0.1, 0.15) is 17.4 Å². The van der Waals surface area contributed by atoms with Gasteiger partial charge in [0.25, 0.3) is 5.24 Å². The zero-order chi connectivity index (χ0) is 38.6. The lowest BCUT2D eigenvalue weighted by atomic mass is 9.97. The number of hydrogen-bond donors (Lipinski definition) is 4. The minimum Gasteiger partial charge on any atom is -0.483 e. The number of H-pyrrole nitrogens is 3. The van der Waals surface area contributed by atoms with Crippen LogP contribution in [0.2, 0.25) is 5.15 Å². The zero-order valence-electron chi connectivity index (χ0n) is 30.6. The van der Waals surface area contributed by atoms with Crippen molar-refractivity contribution in [1.29, 1.82) is 0 Å². The van der Waals surface area contributed by atoms with Crippen LogP contribution in [-0.4, -0.2) is 57.0 Å². The number of carbonyl (C=O) groups is 2. The Kier molecular flexibility index (Phi) is 11.2. The lowest BCUT2D eigenvalue weighted by molar-refractivity contribution is -0.118. The third-order valence-corrected chi connectivity index (χ3v) is 12.1. The van der Waals surface area contributed by atoms with Crippen molar-refractivity contribution in [2.75, 3.05) is 0 Å². The number of hydrogen-bond acceptors (Lipinski definition) is 10. The first-order valence-corrected chi connectivity index (χ1v) is 20.5. The summed E-state index contributed by atoms with van der Waals surface area (Å²) >= 11 is 9.60. The summed E-state index contributed by atoms with van der Waals surface area (Å²) in [5, 5.41) is 16.8. The number of amides is 2. The maximum absolute atomic E-state index is 12.0. The van der Waals surface area contributed by atoms with Crippen molar-refractivity contribution in [1.82, 2.24) is 45.9 Å². The lowest BCUT2D eigenvalue weighted by Gasteiger charge is -2.17. The summed E-state index contributed by atoms with van der Waals surface area (Å²) in [6.45, 7) is 4.12. The molecule has 0 bridgehead atoms. The molecule has 4 aromatic carbocycles. The average molecular weight is 804 g/mol. The van der Waals surface area contributed by atoms with Crippen LogP contribution in [0.3, 0.4) is 0 Å². The van der Waals surface area contributed by atoms with E-state index in [1.807, 2.05) is 55.5 Å². The van der Waals surface area contributed by atoms with E-state index in [-0.39, 0.29) is 22.5 Å². The molecule has 0 spiro atoms. The molecule has 3 aromatic heterocycles. The number of ether oxygens (including phenoxy) is 1. The van der Waals surface area contributed by atoms with Crippen LogP contribution in [-0.2, 0) is 24.1 Å². The van der Waals surface area contributed by atoms with Crippen molar-refractivity contribution < 1.29 is 14.3 Å². The van der Waals surface area contributed by atoms with E-state index in [2.05, 4.69) is 85.3 Å². The monoisotopic (exact) mass is 803 g/mol. The third kappa shape index (κ3) is 8.52. The van der Waals surface area contributed by atoms with Gasteiger partial charge >= 0.3 is 0 Å². The number of imide groups is 1. The van der Waals surface area contributed by atoms with Gasteiger partial charge in [-0.2, -0.15) is 5.21 Å². The van der Waals surface area contributed by atoms with E-state index >= 15 is 0 Å². The van der Waals surface area contributed by atoms with Gasteiger partial charge in [-0.1, -0.05) is 97.4 Å². The van der Waals surface area contributed by atoms with Crippen LogP contribution in [0.5, 0.6) is 5.75 Å². The van der Waals surface area contributed by atoms with Gasteiger partial charge in [0.2, 0.25) is 11.7 Å². The van der Waals surface area contributed by atoms with Crippen molar-refractivity contribution in [2.45, 2.75) is 67.5 Å². The molecule has 2 amide bonds. The Morgan fingerprint density at radius 3 is 2.45 bits per heavy atom. The number of unbranched alkanes of at least 4 members (excludes halogenated alkanes) is 1. The summed E-state index contributed by atoms with van der Waals surface area (Å²) in [4.78, 5) is 41.1. The van der Waals surface area contributed by atoms with E-state index in [0.717, 1.165) is 86.3 Å². The van der Waals surface area contributed by atoms with Gasteiger partial charge in [0, 0.05) is 16.9 Å². The van der Waals surface area contributed by atoms with Gasteiger partial charge in [0.15, 0.2) is 11.3 Å². The second-order valence-electron chi connectivity index (χ2n) is 13.6. The van der Waals surface area contributed by atoms with Crippen molar-refractivity contribution in [3.63, 3.8) is 0 Å². The Balaban J connectivity index is 0.992. The molecule has 0 saturated carbocycles. The molecule has 3 unspecified atom stereocenters. The summed E-state index contributed by atoms with van der Waals surface area (Å²) in [6.07, 6.45) is 3.78. The van der Waals surface area contributed by atoms with Gasteiger partial charge in [-0.3, -0.25) is 14.9 Å². The van der Waals surface area contributed by atoms with E-state index in [4.69, 9.17) is 26.3 Å². The number of tetrazole rings is 1. The Morgan fingerprint density at radius 2 is 1.71 bits per heavy atom. The van der Waals surface area contributed by atoms with Crippen LogP contribution < -0.4 is 10.1 Å². The summed E-state index contributed by atoms with van der Waals surface area (Å²) in [5.41, 5.74) is 7.75. The van der Waals surface area contributed by atoms with Crippen LogP contribution in [0, 0.1) is 0 Å². The predicted octanol–water partition coefficient (Wildman–Crippen LogP) is 9.24. The largest absolute Gasteiger partial charge is 0.483 e. The number of imidazole rings is 2. The van der Waals surface area contributed by atoms with Gasteiger partial charge in [-0.05, 0) is 84.0 Å². The molecule has 0 radical (unpaired) electrons. The standard InChI is InChI=1S/C41H38ClN9O3S2/c1-3-4-9-35-45-36(37(42)46-35)33(20-24-10-14-26(15-11-24)29-7-5-6-8-30(29)39-48-50-51-49-39)55-28-18-19-31-32(22-28)44-38(43-31)23(2)54-27-16-12-25(13-17-27)21-34-40(52)47-41(53)56-34/h5-8,10-19,22-23,33-34H,3-4,9,20-21H2,1-2H3,(H,43,44)(H,45,46)(H,47,52,53)(H,48,49,50,51). The van der Waals surface area contributed by atoms with E-state index in [1.54, 1.807) is 11.8 Å². The highest BCUT2D eigenvalue weighted by molar-refractivity contribution is 8.15. The van der Waals surface area contributed by atoms with Crippen LogP contribution in [0.1, 0.15) is 66.5 Å². The summed E-state index contributed by atoms with van der Waals surface area (Å²) in [6, 6.07) is 30.4. The highest BCUT2D eigenvalue weighted by Gasteiger charge is 2.31. The highest BCUT2D eigenvalue weighted by Crippen LogP contribution is 2.41. The van der Waals surface area contributed by atoms with E-state index in [0.29, 0.717) is 35.4 Å². The molecule has 1 fully saturated rings. The molecule has 1 saturated heterocycles. The molecule has 284 valence electrons. The average Bonchev–Trinajstić information content (AvgIpc) is 4.02. The predicted molar refractivity (Wildman–Crippen MR) is 220 cm³/mol. The minimum atomic E-state index is -0.410. The summed E-state index contributed by atoms with van der Waals surface area (Å²) < 4.78 is 6.24. The normalized spacial score (nSPS) is 15.3. The van der Waals surface area contributed by atoms with Crippen LogP contribution in [0.4, 0.5) is 4.79 Å². The number of nitrogens with zero attached hydrogens (tertiary/aromatic N) is 5. The van der Waals surface area contributed by atoms with E-state index in [9.17, 15) is 9.59 Å². The fourth-order valence-electron chi connectivity index (χ4n) is 6.68. The molecule has 1 aliphatic heterocycles. The third-order valence-electron chi connectivity index (χ3n) is 9.58. The molecule has 15 heteroatoms. The quantitative estimate of drug-likeness (QED) is 0.0734. The molecule has 3 atom stereocenters. The SMILES string of the molecule is CCCCc1nc(Cl)c(C(Cc2ccc(-c3ccccc3-c3nn[nH]n3)cc2)Sc2ccc3nc(C(C)Oc4ccc(CC5SC(=O)NC5=O)cc4)[nH]c3c2)[nH]1. The molecular weight excluding hydrogens is 766 g/mol. The second kappa shape index (κ2) is 16.7. The number of aryl methyl sites for hydroxylation is 1. The molecule has 56 heavy (non-hydrogen) atoms. The van der Waals surface area contributed by atoms with Gasteiger partial charge in [-0.25, -0.2) is 9.97 Å². The number of benzene rings is 4. The first kappa shape index (κ1) is 37.5. The molecular formula is C41H38ClN9O3S2. The number of aromatic amines is 3. The van der Waals surface area contributed by atoms with Gasteiger partial charge < -0.3 is 14.7 Å². The molecule has 12 nitrogen and oxygen atoms in total. The second-order valence-corrected chi connectivity index (χ2v) is 16.4. The Labute approximate surface area is 336 Å². The maximum atomic E-state index is 12.0. The zero-order valence-corrected chi connectivity index (χ0v) is 33.0. The number of fused-ring (bicyclic) bond motifs is 1. The topological polar surface area (TPSA) is 167 Å². The van der Waals surface area contributed by atoms with Crippen LogP contribution in [0.25, 0.3) is 33.5 Å². The first-order chi connectivity index (χ1) is 27.3. The molecule has 7 aromatic rings. The number of halogens is 1.